The lowest BCUT2D eigenvalue weighted by Gasteiger charge is -2.27. The van der Waals surface area contributed by atoms with Gasteiger partial charge < -0.3 is 0 Å². The smallest absolute Gasteiger partial charge is 0.0269 e. The molecule has 92 valence electrons. The van der Waals surface area contributed by atoms with Gasteiger partial charge in [-0.3, -0.25) is 0 Å². The topological polar surface area (TPSA) is 0 Å². The molecule has 3 rings (SSSR count). The Morgan fingerprint density at radius 2 is 1.94 bits per heavy atom. The maximum atomic E-state index is 2.48. The Bertz CT molecular complexity index is 540. The Morgan fingerprint density at radius 1 is 1.11 bits per heavy atom. The van der Waals surface area contributed by atoms with Gasteiger partial charge >= 0.3 is 0 Å². The number of fused-ring (bicyclic) bond motifs is 1. The zero-order valence-corrected chi connectivity index (χ0v) is 12.7. The monoisotopic (exact) mass is 272 g/mol. The van der Waals surface area contributed by atoms with Crippen LogP contribution in [0.2, 0.25) is 0 Å². The second-order valence-corrected chi connectivity index (χ2v) is 11.8. The van der Waals surface area contributed by atoms with Gasteiger partial charge in [-0.2, -0.15) is 0 Å². The Morgan fingerprint density at radius 3 is 2.72 bits per heavy atom. The van der Waals surface area contributed by atoms with Crippen molar-refractivity contribution < 1.29 is 0 Å². The molecular formula is C16H18P2. The van der Waals surface area contributed by atoms with Crippen molar-refractivity contribution in [2.45, 2.75) is 12.1 Å². The van der Waals surface area contributed by atoms with Crippen molar-refractivity contribution in [2.24, 2.45) is 0 Å². The molecule has 0 fully saturated rings. The van der Waals surface area contributed by atoms with Crippen LogP contribution in [0.4, 0.5) is 0 Å². The van der Waals surface area contributed by atoms with Crippen molar-refractivity contribution in [1.29, 1.82) is 0 Å². The van der Waals surface area contributed by atoms with Gasteiger partial charge in [-0.25, -0.2) is 0 Å². The van der Waals surface area contributed by atoms with E-state index in [-0.39, 0.29) is 15.2 Å². The summed E-state index contributed by atoms with van der Waals surface area (Å²) in [6.07, 6.45) is 12.9. The Labute approximate surface area is 112 Å². The van der Waals surface area contributed by atoms with E-state index < -0.39 is 0 Å². The lowest BCUT2D eigenvalue weighted by atomic mass is 10.1. The first-order valence-corrected chi connectivity index (χ1v) is 10.7. The molecule has 0 radical (unpaired) electrons. The van der Waals surface area contributed by atoms with Crippen molar-refractivity contribution in [3.05, 3.63) is 65.0 Å². The second-order valence-electron chi connectivity index (χ2n) is 4.80. The van der Waals surface area contributed by atoms with Gasteiger partial charge in [-0.1, -0.05) is 69.9 Å². The highest BCUT2D eigenvalue weighted by Crippen LogP contribution is 2.77. The van der Waals surface area contributed by atoms with Crippen LogP contribution in [0.1, 0.15) is 23.2 Å². The molecule has 2 aliphatic carbocycles. The zero-order chi connectivity index (χ0) is 12.5. The van der Waals surface area contributed by atoms with Gasteiger partial charge in [0.25, 0.3) is 0 Å². The van der Waals surface area contributed by atoms with Crippen molar-refractivity contribution in [3.63, 3.8) is 0 Å². The summed E-state index contributed by atoms with van der Waals surface area (Å²) < 4.78 is 0. The number of allylic oxidation sites excluding steroid dienone is 5. The third-order valence-electron chi connectivity index (χ3n) is 3.77. The third-order valence-corrected chi connectivity index (χ3v) is 11.3. The molecule has 0 saturated carbocycles. The summed E-state index contributed by atoms with van der Waals surface area (Å²) in [6, 6.07) is 8.86. The van der Waals surface area contributed by atoms with Gasteiger partial charge in [0.1, 0.15) is 0 Å². The van der Waals surface area contributed by atoms with Crippen molar-refractivity contribution in [1.82, 2.24) is 0 Å². The van der Waals surface area contributed by atoms with Gasteiger partial charge in [-0.05, 0) is 36.2 Å². The molecule has 0 amide bonds. The van der Waals surface area contributed by atoms with Crippen LogP contribution in [0, 0.1) is 0 Å². The summed E-state index contributed by atoms with van der Waals surface area (Å²) in [7, 11) is 0.0274. The Balaban J connectivity index is 1.84. The maximum absolute atomic E-state index is 2.48. The molecule has 3 unspecified atom stereocenters. The lowest BCUT2D eigenvalue weighted by molar-refractivity contribution is 1.25. The summed E-state index contributed by atoms with van der Waals surface area (Å²) in [4.78, 5) is 0. The van der Waals surface area contributed by atoms with E-state index in [4.69, 9.17) is 0 Å². The molecule has 1 aromatic carbocycles. The normalized spacial score (nSPS) is 23.9. The fourth-order valence-electron chi connectivity index (χ4n) is 2.61. The quantitative estimate of drug-likeness (QED) is 0.616. The van der Waals surface area contributed by atoms with Crippen LogP contribution in [-0.2, 0) is 0 Å². The highest BCUT2D eigenvalue weighted by Gasteiger charge is 2.27. The molecule has 0 saturated heterocycles. The summed E-state index contributed by atoms with van der Waals surface area (Å²) in [5, 5.41) is 1.61. The van der Waals surface area contributed by atoms with Crippen molar-refractivity contribution in [2.75, 3.05) is 13.3 Å². The number of hydrogen-bond acceptors (Lipinski definition) is 0. The summed E-state index contributed by atoms with van der Waals surface area (Å²) in [5.41, 5.74) is 3.64. The molecule has 0 bridgehead atoms. The average Bonchev–Trinajstić information content (AvgIpc) is 3.06. The van der Waals surface area contributed by atoms with E-state index in [1.165, 1.54) is 5.56 Å². The molecule has 2 aliphatic rings. The molecule has 18 heavy (non-hydrogen) atoms. The minimum Gasteiger partial charge on any atom is -0.0801 e. The van der Waals surface area contributed by atoms with Crippen LogP contribution in [-0.4, -0.2) is 13.3 Å². The summed E-state index contributed by atoms with van der Waals surface area (Å²) in [6.45, 7) is 4.93. The van der Waals surface area contributed by atoms with Crippen LogP contribution in [0.3, 0.4) is 0 Å². The molecule has 3 atom stereocenters. The van der Waals surface area contributed by atoms with E-state index in [1.54, 1.807) is 10.9 Å². The van der Waals surface area contributed by atoms with Crippen LogP contribution in [0.5, 0.6) is 0 Å². The molecule has 0 nitrogen and oxygen atoms in total. The summed E-state index contributed by atoms with van der Waals surface area (Å²) >= 11 is 0. The number of rotatable bonds is 3. The fraction of sp³-hybridized carbons (Fsp3) is 0.250. The first-order chi connectivity index (χ1) is 8.77. The van der Waals surface area contributed by atoms with Crippen LogP contribution in [0.15, 0.2) is 53.9 Å². The number of hydrogen-bond donors (Lipinski definition) is 0. The minimum absolute atomic E-state index is 0.00948. The predicted molar refractivity (Wildman–Crippen MR) is 85.7 cm³/mol. The SMILES string of the molecule is CP(C1=CCC=C1)P(C)C1C=Cc2ccccc21. The van der Waals surface area contributed by atoms with Crippen LogP contribution >= 0.6 is 15.2 Å². The Kier molecular flexibility index (Phi) is 3.51. The van der Waals surface area contributed by atoms with Gasteiger partial charge in [-0.15, -0.1) is 0 Å². The fourth-order valence-corrected chi connectivity index (χ4v) is 8.27. The van der Waals surface area contributed by atoms with E-state index in [0.29, 0.717) is 5.66 Å². The van der Waals surface area contributed by atoms with E-state index in [9.17, 15) is 0 Å². The van der Waals surface area contributed by atoms with Crippen molar-refractivity contribution in [3.8, 4) is 0 Å². The molecule has 0 aromatic heterocycles. The van der Waals surface area contributed by atoms with Crippen molar-refractivity contribution >= 4 is 21.3 Å². The third kappa shape index (κ3) is 2.13. The van der Waals surface area contributed by atoms with E-state index in [2.05, 4.69) is 68.0 Å². The largest absolute Gasteiger partial charge is 0.0801 e. The van der Waals surface area contributed by atoms with Crippen LogP contribution < -0.4 is 0 Å². The highest BCUT2D eigenvalue weighted by molar-refractivity contribution is 8.31. The minimum atomic E-state index is 0.00948. The zero-order valence-electron chi connectivity index (χ0n) is 10.9. The molecular weight excluding hydrogens is 254 g/mol. The van der Waals surface area contributed by atoms with Gasteiger partial charge in [0.2, 0.25) is 0 Å². The second kappa shape index (κ2) is 5.12. The Hall–Kier alpha value is -0.700. The summed E-state index contributed by atoms with van der Waals surface area (Å²) in [5.74, 6) is 0. The highest BCUT2D eigenvalue weighted by atomic mass is 32.1. The predicted octanol–water partition coefficient (Wildman–Crippen LogP) is 5.74. The molecule has 0 aliphatic heterocycles. The molecule has 0 N–H and O–H groups in total. The first kappa shape index (κ1) is 12.3. The van der Waals surface area contributed by atoms with E-state index in [0.717, 1.165) is 6.42 Å². The van der Waals surface area contributed by atoms with E-state index in [1.807, 2.05) is 0 Å². The number of benzene rings is 1. The average molecular weight is 272 g/mol. The van der Waals surface area contributed by atoms with Gasteiger partial charge in [0.15, 0.2) is 0 Å². The molecule has 2 heteroatoms. The molecule has 0 spiro atoms. The standard InChI is InChI=1S/C16H18P2/c1-17(14-8-4-5-9-14)18(2)16-12-11-13-7-3-6-10-15(13)16/h3-4,6-12,16H,5H2,1-2H3. The van der Waals surface area contributed by atoms with E-state index >= 15 is 0 Å². The molecule has 1 aromatic rings. The maximum Gasteiger partial charge on any atom is 0.0269 e. The van der Waals surface area contributed by atoms with Gasteiger partial charge in [0, 0.05) is 5.66 Å². The van der Waals surface area contributed by atoms with Gasteiger partial charge in [0.05, 0.1) is 0 Å². The lowest BCUT2D eigenvalue weighted by Crippen LogP contribution is -1.90. The molecule has 0 heterocycles. The first-order valence-electron chi connectivity index (χ1n) is 6.37. The van der Waals surface area contributed by atoms with Crippen LogP contribution in [0.25, 0.3) is 6.08 Å².